The number of aromatic nitrogens is 3. The van der Waals surface area contributed by atoms with Gasteiger partial charge in [0.1, 0.15) is 5.52 Å². The Hall–Kier alpha value is -1.58. The Morgan fingerprint density at radius 1 is 1.38 bits per heavy atom. The highest BCUT2D eigenvalue weighted by atomic mass is 15.2. The second-order valence-corrected chi connectivity index (χ2v) is 4.17. The number of imidazole rings is 1. The van der Waals surface area contributed by atoms with E-state index in [0.29, 0.717) is 12.0 Å². The van der Waals surface area contributed by atoms with Crippen molar-refractivity contribution in [2.75, 3.05) is 5.73 Å². The minimum absolute atomic E-state index is 0.389. The van der Waals surface area contributed by atoms with Crippen LogP contribution < -0.4 is 5.73 Å². The van der Waals surface area contributed by atoms with Crippen LogP contribution in [-0.2, 0) is 0 Å². The van der Waals surface area contributed by atoms with Gasteiger partial charge in [0.25, 0.3) is 0 Å². The Bertz CT molecular complexity index is 497. The number of nitrogens with zero attached hydrogens (tertiary/aromatic N) is 3. The van der Waals surface area contributed by atoms with Crippen LogP contribution in [0.1, 0.15) is 38.3 Å². The molecule has 2 aromatic heterocycles. The molecule has 0 atom stereocenters. The van der Waals surface area contributed by atoms with E-state index < -0.39 is 0 Å². The third-order valence-electron chi connectivity index (χ3n) is 3.00. The van der Waals surface area contributed by atoms with E-state index in [4.69, 9.17) is 5.73 Å². The first-order valence-corrected chi connectivity index (χ1v) is 5.77. The highest BCUT2D eigenvalue weighted by molar-refractivity contribution is 5.74. The molecule has 0 unspecified atom stereocenters. The normalized spacial score (nSPS) is 11.5. The van der Waals surface area contributed by atoms with Crippen LogP contribution in [0.25, 0.3) is 11.2 Å². The van der Waals surface area contributed by atoms with Gasteiger partial charge in [-0.25, -0.2) is 9.97 Å². The quantitative estimate of drug-likeness (QED) is 0.861. The first-order chi connectivity index (χ1) is 7.67. The molecule has 0 aliphatic carbocycles. The number of fused-ring (bicyclic) bond motifs is 1. The van der Waals surface area contributed by atoms with Gasteiger partial charge >= 0.3 is 0 Å². The predicted octanol–water partition coefficient (Wildman–Crippen LogP) is 2.68. The minimum atomic E-state index is 0.389. The summed E-state index contributed by atoms with van der Waals surface area (Å²) in [4.78, 5) is 8.81. The zero-order valence-corrected chi connectivity index (χ0v) is 10.1. The molecule has 0 aliphatic heterocycles. The lowest BCUT2D eigenvalue weighted by atomic mass is 10.1. The molecule has 0 bridgehead atoms. The topological polar surface area (TPSA) is 56.7 Å². The minimum Gasteiger partial charge on any atom is -0.369 e. The lowest BCUT2D eigenvalue weighted by Gasteiger charge is -2.16. The van der Waals surface area contributed by atoms with Crippen molar-refractivity contribution in [3.8, 4) is 0 Å². The zero-order valence-electron chi connectivity index (χ0n) is 10.1. The van der Waals surface area contributed by atoms with E-state index in [9.17, 15) is 0 Å². The third kappa shape index (κ3) is 1.64. The molecule has 86 valence electrons. The van der Waals surface area contributed by atoms with Gasteiger partial charge in [-0.05, 0) is 31.4 Å². The zero-order chi connectivity index (χ0) is 11.7. The average Bonchev–Trinajstić information content (AvgIpc) is 2.57. The van der Waals surface area contributed by atoms with Crippen LogP contribution in [0.2, 0.25) is 0 Å². The van der Waals surface area contributed by atoms with Gasteiger partial charge in [-0.1, -0.05) is 13.8 Å². The number of anilines is 1. The third-order valence-corrected chi connectivity index (χ3v) is 3.00. The van der Waals surface area contributed by atoms with Crippen molar-refractivity contribution in [2.24, 2.45) is 0 Å². The fourth-order valence-electron chi connectivity index (χ4n) is 2.11. The summed E-state index contributed by atoms with van der Waals surface area (Å²) in [6, 6.07) is 2.41. The molecular formula is C12H18N4. The van der Waals surface area contributed by atoms with Crippen molar-refractivity contribution in [1.82, 2.24) is 14.5 Å². The largest absolute Gasteiger partial charge is 0.369 e. The highest BCUT2D eigenvalue weighted by Crippen LogP contribution is 2.25. The van der Waals surface area contributed by atoms with E-state index in [1.165, 1.54) is 0 Å². The second kappa shape index (κ2) is 4.12. The number of nitrogens with two attached hydrogens (primary N) is 1. The van der Waals surface area contributed by atoms with Crippen molar-refractivity contribution < 1.29 is 0 Å². The van der Waals surface area contributed by atoms with Crippen molar-refractivity contribution in [3.05, 3.63) is 17.8 Å². The molecule has 0 spiro atoms. The summed E-state index contributed by atoms with van der Waals surface area (Å²) >= 11 is 0. The van der Waals surface area contributed by atoms with Gasteiger partial charge in [-0.3, -0.25) is 4.57 Å². The Kier molecular flexibility index (Phi) is 2.81. The van der Waals surface area contributed by atoms with Crippen molar-refractivity contribution in [3.63, 3.8) is 0 Å². The molecule has 0 aromatic carbocycles. The van der Waals surface area contributed by atoms with E-state index in [1.807, 2.05) is 19.2 Å². The van der Waals surface area contributed by atoms with Gasteiger partial charge < -0.3 is 5.73 Å². The lowest BCUT2D eigenvalue weighted by Crippen LogP contribution is -2.10. The highest BCUT2D eigenvalue weighted by Gasteiger charge is 2.15. The number of aryl methyl sites for hydroxylation is 1. The van der Waals surface area contributed by atoms with E-state index in [2.05, 4.69) is 28.4 Å². The second-order valence-electron chi connectivity index (χ2n) is 4.17. The van der Waals surface area contributed by atoms with Gasteiger partial charge in [-0.15, -0.1) is 0 Å². The fourth-order valence-corrected chi connectivity index (χ4v) is 2.11. The first-order valence-electron chi connectivity index (χ1n) is 5.77. The molecule has 0 fully saturated rings. The fraction of sp³-hybridized carbons (Fsp3) is 0.500. The summed E-state index contributed by atoms with van der Waals surface area (Å²) in [6.07, 6.45) is 3.95. The molecule has 0 aliphatic rings. The van der Waals surface area contributed by atoms with Gasteiger partial charge in [-0.2, -0.15) is 0 Å². The molecule has 4 heteroatoms. The maximum Gasteiger partial charge on any atom is 0.202 e. The molecule has 4 nitrogen and oxygen atoms in total. The summed E-state index contributed by atoms with van der Waals surface area (Å²) in [7, 11) is 0. The van der Waals surface area contributed by atoms with Crippen LogP contribution in [0.3, 0.4) is 0 Å². The molecule has 2 rings (SSSR count). The molecule has 0 saturated heterocycles. The first kappa shape index (κ1) is 10.9. The predicted molar refractivity (Wildman–Crippen MR) is 66.3 cm³/mol. The van der Waals surface area contributed by atoms with Gasteiger partial charge in [0.15, 0.2) is 5.65 Å². The van der Waals surface area contributed by atoms with Gasteiger partial charge in [0.05, 0.1) is 0 Å². The smallest absolute Gasteiger partial charge is 0.202 e. The number of hydrogen-bond donors (Lipinski definition) is 1. The average molecular weight is 218 g/mol. The van der Waals surface area contributed by atoms with Crippen LogP contribution >= 0.6 is 0 Å². The molecule has 0 amide bonds. The Balaban J connectivity index is 2.64. The van der Waals surface area contributed by atoms with E-state index in [-0.39, 0.29) is 0 Å². The van der Waals surface area contributed by atoms with E-state index in [1.54, 1.807) is 0 Å². The maximum absolute atomic E-state index is 5.97. The summed E-state index contributed by atoms with van der Waals surface area (Å²) < 4.78 is 2.05. The molecular weight excluding hydrogens is 200 g/mol. The molecule has 0 saturated carbocycles. The number of pyridine rings is 1. The molecule has 2 aromatic rings. The SMILES string of the molecule is CCC(CC)n1c(N)nc2cc(C)cnc21. The van der Waals surface area contributed by atoms with Crippen LogP contribution in [0.5, 0.6) is 0 Å². The summed E-state index contributed by atoms with van der Waals surface area (Å²) in [6.45, 7) is 6.33. The summed E-state index contributed by atoms with van der Waals surface area (Å²) in [5.74, 6) is 0.571. The van der Waals surface area contributed by atoms with Crippen LogP contribution in [0.4, 0.5) is 5.95 Å². The van der Waals surface area contributed by atoms with Crippen molar-refractivity contribution >= 4 is 17.1 Å². The summed E-state index contributed by atoms with van der Waals surface area (Å²) in [5.41, 5.74) is 8.87. The Morgan fingerprint density at radius 2 is 2.06 bits per heavy atom. The van der Waals surface area contributed by atoms with Crippen molar-refractivity contribution in [2.45, 2.75) is 39.7 Å². The van der Waals surface area contributed by atoms with Crippen molar-refractivity contribution in [1.29, 1.82) is 0 Å². The van der Waals surface area contributed by atoms with Crippen LogP contribution in [0.15, 0.2) is 12.3 Å². The Labute approximate surface area is 95.5 Å². The van der Waals surface area contributed by atoms with Gasteiger partial charge in [0.2, 0.25) is 5.95 Å². The number of nitrogen functional groups attached to an aromatic ring is 1. The summed E-state index contributed by atoms with van der Waals surface area (Å²) in [5, 5.41) is 0. The van der Waals surface area contributed by atoms with E-state index in [0.717, 1.165) is 29.6 Å². The standard InChI is InChI=1S/C12H18N4/c1-4-9(5-2)16-11-10(15-12(16)13)6-8(3)7-14-11/h6-7,9H,4-5H2,1-3H3,(H2,13,15). The molecule has 16 heavy (non-hydrogen) atoms. The molecule has 2 heterocycles. The van der Waals surface area contributed by atoms with Crippen LogP contribution in [0, 0.1) is 6.92 Å². The van der Waals surface area contributed by atoms with Crippen LogP contribution in [-0.4, -0.2) is 14.5 Å². The maximum atomic E-state index is 5.97. The molecule has 2 N–H and O–H groups in total. The Morgan fingerprint density at radius 3 is 2.69 bits per heavy atom. The monoisotopic (exact) mass is 218 g/mol. The van der Waals surface area contributed by atoms with E-state index >= 15 is 0 Å². The lowest BCUT2D eigenvalue weighted by molar-refractivity contribution is 0.486. The molecule has 0 radical (unpaired) electrons. The van der Waals surface area contributed by atoms with Gasteiger partial charge in [0, 0.05) is 12.2 Å². The number of rotatable bonds is 3. The number of hydrogen-bond acceptors (Lipinski definition) is 3.